The fourth-order valence-electron chi connectivity index (χ4n) is 2.93. The van der Waals surface area contributed by atoms with Crippen LogP contribution in [-0.2, 0) is 6.54 Å². The molecule has 0 aromatic carbocycles. The Morgan fingerprint density at radius 1 is 1.42 bits per heavy atom. The van der Waals surface area contributed by atoms with Crippen molar-refractivity contribution in [1.82, 2.24) is 20.5 Å². The van der Waals surface area contributed by atoms with E-state index in [1.54, 1.807) is 13.3 Å². The zero-order valence-corrected chi connectivity index (χ0v) is 17.2. The van der Waals surface area contributed by atoms with Crippen LogP contribution in [0.1, 0.15) is 31.7 Å². The summed E-state index contributed by atoms with van der Waals surface area (Å²) >= 11 is 0. The van der Waals surface area contributed by atoms with Gasteiger partial charge in [-0.25, -0.2) is 4.98 Å². The number of methoxy groups -OCH3 is 1. The number of nitrogens with one attached hydrogen (secondary N) is 2. The summed E-state index contributed by atoms with van der Waals surface area (Å²) in [6, 6.07) is 4.42. The molecule has 1 aliphatic heterocycles. The summed E-state index contributed by atoms with van der Waals surface area (Å²) in [6.45, 7) is 6.42. The Bertz CT molecular complexity index is 504. The summed E-state index contributed by atoms with van der Waals surface area (Å²) in [6.07, 6.45) is 5.29. The maximum atomic E-state index is 5.28. The highest BCUT2D eigenvalue weighted by Gasteiger charge is 2.19. The molecule has 0 atom stereocenters. The lowest BCUT2D eigenvalue weighted by molar-refractivity contribution is 0.206. The summed E-state index contributed by atoms with van der Waals surface area (Å²) in [5.74, 6) is 1.49. The van der Waals surface area contributed by atoms with Crippen LogP contribution in [0.15, 0.2) is 23.3 Å². The first kappa shape index (κ1) is 21.0. The van der Waals surface area contributed by atoms with Gasteiger partial charge in [0.1, 0.15) is 0 Å². The molecular weight excluding hydrogens is 417 g/mol. The monoisotopic (exact) mass is 447 g/mol. The number of aromatic nitrogens is 1. The molecule has 7 heteroatoms. The molecule has 0 radical (unpaired) electrons. The lowest BCUT2D eigenvalue weighted by atomic mass is 10.1. The second-order valence-corrected chi connectivity index (χ2v) is 5.86. The minimum atomic E-state index is 0. The molecule has 6 nitrogen and oxygen atoms in total. The second-order valence-electron chi connectivity index (χ2n) is 5.86. The molecule has 1 aromatic heterocycles. The molecule has 0 saturated carbocycles. The number of likely N-dealkylation sites (tertiary alicyclic amines) is 1. The maximum absolute atomic E-state index is 5.28. The van der Waals surface area contributed by atoms with Crippen molar-refractivity contribution in [2.45, 2.75) is 38.8 Å². The summed E-state index contributed by atoms with van der Waals surface area (Å²) in [4.78, 5) is 11.1. The van der Waals surface area contributed by atoms with Crippen molar-refractivity contribution in [3.8, 4) is 5.88 Å². The van der Waals surface area contributed by atoms with Crippen molar-refractivity contribution in [3.63, 3.8) is 0 Å². The highest BCUT2D eigenvalue weighted by molar-refractivity contribution is 14.0. The van der Waals surface area contributed by atoms with E-state index in [1.807, 2.05) is 19.2 Å². The summed E-state index contributed by atoms with van der Waals surface area (Å²) in [5.41, 5.74) is 1.02. The zero-order valence-electron chi connectivity index (χ0n) is 14.9. The summed E-state index contributed by atoms with van der Waals surface area (Å²) in [7, 11) is 3.45. The average molecular weight is 447 g/mol. The summed E-state index contributed by atoms with van der Waals surface area (Å²) < 4.78 is 5.28. The number of hydrogen-bond donors (Lipinski definition) is 2. The van der Waals surface area contributed by atoms with Gasteiger partial charge in [0.25, 0.3) is 0 Å². The third-order valence-electron chi connectivity index (χ3n) is 4.18. The van der Waals surface area contributed by atoms with Gasteiger partial charge in [0.05, 0.1) is 7.11 Å². The Kier molecular flexibility index (Phi) is 10.0. The predicted octanol–water partition coefficient (Wildman–Crippen LogP) is 2.25. The predicted molar refractivity (Wildman–Crippen MR) is 109 cm³/mol. The van der Waals surface area contributed by atoms with E-state index in [1.165, 1.54) is 26.1 Å². The van der Waals surface area contributed by atoms with Crippen LogP contribution in [0.3, 0.4) is 0 Å². The highest BCUT2D eigenvalue weighted by atomic mass is 127. The van der Waals surface area contributed by atoms with E-state index >= 15 is 0 Å². The normalized spacial score (nSPS) is 16.4. The van der Waals surface area contributed by atoms with Gasteiger partial charge in [0.2, 0.25) is 5.88 Å². The van der Waals surface area contributed by atoms with E-state index in [-0.39, 0.29) is 24.0 Å². The molecule has 24 heavy (non-hydrogen) atoms. The van der Waals surface area contributed by atoms with Gasteiger partial charge in [0, 0.05) is 44.5 Å². The minimum absolute atomic E-state index is 0. The molecule has 0 spiro atoms. The average Bonchev–Trinajstić information content (AvgIpc) is 2.60. The van der Waals surface area contributed by atoms with Crippen molar-refractivity contribution in [3.05, 3.63) is 23.9 Å². The SMILES string of the molecule is CCCN1CCC(NC(=NC)NCc2cccnc2OC)CC1.I. The Morgan fingerprint density at radius 3 is 2.79 bits per heavy atom. The lowest BCUT2D eigenvalue weighted by Crippen LogP contribution is -2.48. The molecule has 0 bridgehead atoms. The molecule has 1 aliphatic rings. The van der Waals surface area contributed by atoms with Gasteiger partial charge in [-0.2, -0.15) is 0 Å². The molecule has 136 valence electrons. The number of rotatable bonds is 6. The molecule has 0 unspecified atom stereocenters. The number of pyridine rings is 1. The van der Waals surface area contributed by atoms with Crippen molar-refractivity contribution in [2.75, 3.05) is 33.8 Å². The molecule has 1 aromatic rings. The Labute approximate surface area is 162 Å². The van der Waals surface area contributed by atoms with Gasteiger partial charge in [-0.3, -0.25) is 4.99 Å². The third-order valence-corrected chi connectivity index (χ3v) is 4.18. The van der Waals surface area contributed by atoms with Crippen LogP contribution in [0, 0.1) is 0 Å². The van der Waals surface area contributed by atoms with E-state index in [0.29, 0.717) is 18.5 Å². The van der Waals surface area contributed by atoms with Crippen LogP contribution < -0.4 is 15.4 Å². The number of guanidine groups is 1. The van der Waals surface area contributed by atoms with Gasteiger partial charge in [-0.05, 0) is 31.9 Å². The van der Waals surface area contributed by atoms with Crippen molar-refractivity contribution in [2.24, 2.45) is 4.99 Å². The van der Waals surface area contributed by atoms with E-state index in [2.05, 4.69) is 32.4 Å². The Balaban J connectivity index is 0.00000288. The topological polar surface area (TPSA) is 61.8 Å². The smallest absolute Gasteiger partial charge is 0.218 e. The number of ether oxygens (including phenoxy) is 1. The van der Waals surface area contributed by atoms with Crippen LogP contribution in [-0.4, -0.2) is 55.7 Å². The number of aliphatic imine (C=N–C) groups is 1. The van der Waals surface area contributed by atoms with Crippen molar-refractivity contribution < 1.29 is 4.74 Å². The van der Waals surface area contributed by atoms with Gasteiger partial charge < -0.3 is 20.3 Å². The van der Waals surface area contributed by atoms with Crippen LogP contribution in [0.5, 0.6) is 5.88 Å². The van der Waals surface area contributed by atoms with E-state index < -0.39 is 0 Å². The van der Waals surface area contributed by atoms with E-state index in [9.17, 15) is 0 Å². The van der Waals surface area contributed by atoms with E-state index in [4.69, 9.17) is 4.74 Å². The Hall–Kier alpha value is -1.09. The largest absolute Gasteiger partial charge is 0.481 e. The van der Waals surface area contributed by atoms with Crippen LogP contribution in [0.4, 0.5) is 0 Å². The molecule has 1 saturated heterocycles. The highest BCUT2D eigenvalue weighted by Crippen LogP contribution is 2.13. The van der Waals surface area contributed by atoms with Crippen LogP contribution in [0.2, 0.25) is 0 Å². The van der Waals surface area contributed by atoms with Crippen molar-refractivity contribution in [1.29, 1.82) is 0 Å². The Morgan fingerprint density at radius 2 is 2.17 bits per heavy atom. The van der Waals surface area contributed by atoms with Gasteiger partial charge in [-0.1, -0.05) is 13.0 Å². The minimum Gasteiger partial charge on any atom is -0.481 e. The molecule has 0 amide bonds. The zero-order chi connectivity index (χ0) is 16.5. The fourth-order valence-corrected chi connectivity index (χ4v) is 2.93. The molecular formula is C17H30IN5O. The number of nitrogens with zero attached hydrogens (tertiary/aromatic N) is 3. The standard InChI is InChI=1S/C17H29N5O.HI/c1-4-10-22-11-7-15(8-12-22)21-17(18-2)20-13-14-6-5-9-19-16(14)23-3;/h5-6,9,15H,4,7-8,10-13H2,1-3H3,(H2,18,20,21);1H. The first-order valence-electron chi connectivity index (χ1n) is 8.44. The van der Waals surface area contributed by atoms with Crippen molar-refractivity contribution >= 4 is 29.9 Å². The molecule has 0 aliphatic carbocycles. The fraction of sp³-hybridized carbons (Fsp3) is 0.647. The lowest BCUT2D eigenvalue weighted by Gasteiger charge is -2.32. The van der Waals surface area contributed by atoms with E-state index in [0.717, 1.165) is 24.4 Å². The van der Waals surface area contributed by atoms with Crippen LogP contribution >= 0.6 is 24.0 Å². The molecule has 2 rings (SSSR count). The summed E-state index contributed by atoms with van der Waals surface area (Å²) in [5, 5.41) is 6.88. The number of piperidine rings is 1. The van der Waals surface area contributed by atoms with Gasteiger partial charge >= 0.3 is 0 Å². The van der Waals surface area contributed by atoms with Gasteiger partial charge in [-0.15, -0.1) is 24.0 Å². The number of halogens is 1. The number of hydrogen-bond acceptors (Lipinski definition) is 4. The first-order chi connectivity index (χ1) is 11.3. The maximum Gasteiger partial charge on any atom is 0.218 e. The first-order valence-corrected chi connectivity index (χ1v) is 8.44. The molecule has 2 N–H and O–H groups in total. The second kappa shape index (κ2) is 11.5. The molecule has 2 heterocycles. The van der Waals surface area contributed by atoms with Gasteiger partial charge in [0.15, 0.2) is 5.96 Å². The van der Waals surface area contributed by atoms with Crippen LogP contribution in [0.25, 0.3) is 0 Å². The third kappa shape index (κ3) is 6.43. The molecule has 1 fully saturated rings. The quantitative estimate of drug-likeness (QED) is 0.398.